The van der Waals surface area contributed by atoms with Crippen LogP contribution in [0, 0.1) is 6.92 Å². The maximum absolute atomic E-state index is 12.3. The van der Waals surface area contributed by atoms with Crippen molar-refractivity contribution in [2.75, 3.05) is 19.8 Å². The van der Waals surface area contributed by atoms with Crippen LogP contribution in [0.4, 0.5) is 0 Å². The van der Waals surface area contributed by atoms with E-state index in [0.29, 0.717) is 24.8 Å². The maximum Gasteiger partial charge on any atom is 0.260 e. The summed E-state index contributed by atoms with van der Waals surface area (Å²) < 4.78 is 13.3. The first-order valence-electron chi connectivity index (χ1n) is 9.24. The van der Waals surface area contributed by atoms with E-state index in [4.69, 9.17) is 9.47 Å². The summed E-state index contributed by atoms with van der Waals surface area (Å²) in [5.41, 5.74) is 1.12. The highest BCUT2D eigenvalue weighted by Crippen LogP contribution is 2.26. The third-order valence-corrected chi connectivity index (χ3v) is 4.73. The Morgan fingerprint density at radius 1 is 1.35 bits per heavy atom. The van der Waals surface area contributed by atoms with Gasteiger partial charge in [-0.2, -0.15) is 0 Å². The van der Waals surface area contributed by atoms with Crippen LogP contribution in [0.3, 0.4) is 0 Å². The highest BCUT2D eigenvalue weighted by atomic mass is 16.5. The molecule has 140 valence electrons. The molecule has 0 bridgehead atoms. The highest BCUT2D eigenvalue weighted by molar-refractivity contribution is 5.80. The molecule has 1 fully saturated rings. The minimum absolute atomic E-state index is 0.112. The molecule has 6 nitrogen and oxygen atoms in total. The van der Waals surface area contributed by atoms with Gasteiger partial charge in [-0.1, -0.05) is 18.2 Å². The van der Waals surface area contributed by atoms with E-state index in [9.17, 15) is 4.79 Å². The molecule has 0 spiro atoms. The Hall–Kier alpha value is -2.34. The van der Waals surface area contributed by atoms with Gasteiger partial charge in [0.15, 0.2) is 6.10 Å². The fourth-order valence-corrected chi connectivity index (χ4v) is 3.24. The lowest BCUT2D eigenvalue weighted by atomic mass is 9.99. The van der Waals surface area contributed by atoms with Gasteiger partial charge in [-0.3, -0.25) is 4.79 Å². The van der Waals surface area contributed by atoms with Gasteiger partial charge in [-0.25, -0.2) is 4.98 Å². The molecule has 2 aromatic rings. The number of aryl methyl sites for hydroxylation is 1. The number of hydrogen-bond acceptors (Lipinski definition) is 4. The SMILES string of the molecule is Cc1cnc(C2CCOCC2)n1CCNC(=O)C(C)Oc1ccccc1. The molecule has 0 radical (unpaired) electrons. The Morgan fingerprint density at radius 2 is 2.08 bits per heavy atom. The number of hydrogen-bond donors (Lipinski definition) is 1. The fraction of sp³-hybridized carbons (Fsp3) is 0.500. The van der Waals surface area contributed by atoms with Crippen LogP contribution >= 0.6 is 0 Å². The first-order chi connectivity index (χ1) is 12.6. The number of ether oxygens (including phenoxy) is 2. The molecule has 1 aromatic heterocycles. The molecule has 26 heavy (non-hydrogen) atoms. The van der Waals surface area contributed by atoms with Crippen LogP contribution in [0.15, 0.2) is 36.5 Å². The van der Waals surface area contributed by atoms with Crippen molar-refractivity contribution in [3.8, 4) is 5.75 Å². The average Bonchev–Trinajstić information content (AvgIpc) is 3.04. The molecule has 1 amide bonds. The number of nitrogens with one attached hydrogen (secondary N) is 1. The van der Waals surface area contributed by atoms with Crippen molar-refractivity contribution in [2.45, 2.75) is 45.3 Å². The third kappa shape index (κ3) is 4.64. The van der Waals surface area contributed by atoms with Crippen LogP contribution in [0.1, 0.15) is 37.2 Å². The summed E-state index contributed by atoms with van der Waals surface area (Å²) in [5, 5.41) is 2.96. The van der Waals surface area contributed by atoms with Gasteiger partial charge in [0.25, 0.3) is 5.91 Å². The second kappa shape index (κ2) is 8.85. The molecule has 2 heterocycles. The minimum Gasteiger partial charge on any atom is -0.481 e. The number of benzene rings is 1. The first kappa shape index (κ1) is 18.5. The number of carbonyl (C=O) groups excluding carboxylic acids is 1. The summed E-state index contributed by atoms with van der Waals surface area (Å²) in [4.78, 5) is 16.9. The van der Waals surface area contributed by atoms with Crippen molar-refractivity contribution in [1.82, 2.24) is 14.9 Å². The predicted molar refractivity (Wildman–Crippen MR) is 99.3 cm³/mol. The lowest BCUT2D eigenvalue weighted by Gasteiger charge is -2.23. The number of rotatable bonds is 7. The first-order valence-corrected chi connectivity index (χ1v) is 9.24. The van der Waals surface area contributed by atoms with Crippen molar-refractivity contribution in [3.63, 3.8) is 0 Å². The molecule has 1 atom stereocenters. The van der Waals surface area contributed by atoms with Crippen molar-refractivity contribution >= 4 is 5.91 Å². The van der Waals surface area contributed by atoms with Crippen molar-refractivity contribution in [3.05, 3.63) is 48.0 Å². The van der Waals surface area contributed by atoms with Crippen LogP contribution in [-0.4, -0.2) is 41.3 Å². The van der Waals surface area contributed by atoms with Crippen LogP contribution in [0.5, 0.6) is 5.75 Å². The van der Waals surface area contributed by atoms with E-state index in [1.165, 1.54) is 0 Å². The minimum atomic E-state index is -0.531. The van der Waals surface area contributed by atoms with E-state index < -0.39 is 6.10 Å². The molecule has 1 aliphatic heterocycles. The lowest BCUT2D eigenvalue weighted by Crippen LogP contribution is -2.38. The summed E-state index contributed by atoms with van der Waals surface area (Å²) in [6.07, 6.45) is 3.39. The lowest BCUT2D eigenvalue weighted by molar-refractivity contribution is -0.127. The van der Waals surface area contributed by atoms with Crippen molar-refractivity contribution < 1.29 is 14.3 Å². The standard InChI is InChI=1S/C20H27N3O3/c1-15-14-22-19(17-8-12-25-13-9-17)23(15)11-10-21-20(24)16(2)26-18-6-4-3-5-7-18/h3-7,14,16-17H,8-13H2,1-2H3,(H,21,24). The van der Waals surface area contributed by atoms with Crippen LogP contribution in [0.25, 0.3) is 0 Å². The van der Waals surface area contributed by atoms with Crippen molar-refractivity contribution in [2.24, 2.45) is 0 Å². The van der Waals surface area contributed by atoms with Gasteiger partial charge in [0.1, 0.15) is 11.6 Å². The normalized spacial score (nSPS) is 16.2. The fourth-order valence-electron chi connectivity index (χ4n) is 3.24. The highest BCUT2D eigenvalue weighted by Gasteiger charge is 2.21. The smallest absolute Gasteiger partial charge is 0.260 e. The molecule has 3 rings (SSSR count). The van der Waals surface area contributed by atoms with E-state index in [2.05, 4.69) is 21.8 Å². The number of nitrogens with zero attached hydrogens (tertiary/aromatic N) is 2. The predicted octanol–water partition coefficient (Wildman–Crippen LogP) is 2.67. The number of aromatic nitrogens is 2. The number of para-hydroxylation sites is 1. The molecule has 6 heteroatoms. The van der Waals surface area contributed by atoms with Crippen molar-refractivity contribution in [1.29, 1.82) is 0 Å². The summed E-state index contributed by atoms with van der Waals surface area (Å²) in [7, 11) is 0. The Bertz CT molecular complexity index is 708. The van der Waals surface area contributed by atoms with E-state index in [0.717, 1.165) is 37.6 Å². The van der Waals surface area contributed by atoms with E-state index in [-0.39, 0.29) is 5.91 Å². The van der Waals surface area contributed by atoms with E-state index in [1.54, 1.807) is 6.92 Å². The summed E-state index contributed by atoms with van der Waals surface area (Å²) in [6, 6.07) is 9.39. The van der Waals surface area contributed by atoms with Crippen LogP contribution < -0.4 is 10.1 Å². The number of imidazole rings is 1. The molecule has 1 N–H and O–H groups in total. The Kier molecular flexibility index (Phi) is 6.28. The van der Waals surface area contributed by atoms with E-state index >= 15 is 0 Å². The topological polar surface area (TPSA) is 65.4 Å². The molecule has 0 aliphatic carbocycles. The van der Waals surface area contributed by atoms with Gasteiger partial charge in [0.05, 0.1) is 0 Å². The zero-order chi connectivity index (χ0) is 18.4. The molecule has 1 aliphatic rings. The van der Waals surface area contributed by atoms with E-state index in [1.807, 2.05) is 36.5 Å². The summed E-state index contributed by atoms with van der Waals surface area (Å²) in [6.45, 7) is 6.66. The molecular formula is C20H27N3O3. The molecule has 1 aromatic carbocycles. The van der Waals surface area contributed by atoms with Gasteiger partial charge in [-0.05, 0) is 38.8 Å². The maximum atomic E-state index is 12.3. The zero-order valence-corrected chi connectivity index (χ0v) is 15.5. The van der Waals surface area contributed by atoms with Gasteiger partial charge in [0, 0.05) is 44.1 Å². The second-order valence-electron chi connectivity index (χ2n) is 6.66. The number of amides is 1. The monoisotopic (exact) mass is 357 g/mol. The summed E-state index contributed by atoms with van der Waals surface area (Å²) >= 11 is 0. The van der Waals surface area contributed by atoms with Crippen LogP contribution in [0.2, 0.25) is 0 Å². The van der Waals surface area contributed by atoms with Gasteiger partial charge in [-0.15, -0.1) is 0 Å². The molecule has 1 unspecified atom stereocenters. The number of carbonyl (C=O) groups is 1. The Morgan fingerprint density at radius 3 is 2.81 bits per heavy atom. The molecule has 0 saturated carbocycles. The average molecular weight is 357 g/mol. The van der Waals surface area contributed by atoms with Gasteiger partial charge >= 0.3 is 0 Å². The largest absolute Gasteiger partial charge is 0.481 e. The molecule has 1 saturated heterocycles. The quantitative estimate of drug-likeness (QED) is 0.827. The Labute approximate surface area is 154 Å². The summed E-state index contributed by atoms with van der Waals surface area (Å²) in [5.74, 6) is 2.13. The van der Waals surface area contributed by atoms with Gasteiger partial charge in [0.2, 0.25) is 0 Å². The molecular weight excluding hydrogens is 330 g/mol. The zero-order valence-electron chi connectivity index (χ0n) is 15.5. The van der Waals surface area contributed by atoms with Crippen LogP contribution in [-0.2, 0) is 16.1 Å². The van der Waals surface area contributed by atoms with Gasteiger partial charge < -0.3 is 19.4 Å². The third-order valence-electron chi connectivity index (χ3n) is 4.73. The Balaban J connectivity index is 1.51. The second-order valence-corrected chi connectivity index (χ2v) is 6.66.